The van der Waals surface area contributed by atoms with E-state index < -0.39 is 39.5 Å². The van der Waals surface area contributed by atoms with Crippen LogP contribution in [0.4, 0.5) is 0 Å². The van der Waals surface area contributed by atoms with Crippen LogP contribution in [0.2, 0.25) is 0 Å². The van der Waals surface area contributed by atoms with E-state index in [-0.39, 0.29) is 34.4 Å². The van der Waals surface area contributed by atoms with Crippen LogP contribution in [0.5, 0.6) is 0 Å². The van der Waals surface area contributed by atoms with Crippen molar-refractivity contribution in [3.05, 3.63) is 149 Å². The Kier molecular flexibility index (Phi) is 8.96. The van der Waals surface area contributed by atoms with E-state index in [2.05, 4.69) is 5.32 Å². The number of carbonyl (C=O) groups excluding carboxylic acids is 3. The number of nitrogens with one attached hydrogen (secondary N) is 1. The van der Waals surface area contributed by atoms with Gasteiger partial charge in [-0.15, -0.1) is 11.8 Å². The zero-order valence-corrected chi connectivity index (χ0v) is 26.4. The molecule has 4 aromatic rings. The first kappa shape index (κ1) is 31.1. The molecule has 11 heteroatoms. The minimum atomic E-state index is -4.36. The van der Waals surface area contributed by atoms with Gasteiger partial charge in [0.25, 0.3) is 5.91 Å². The summed E-state index contributed by atoms with van der Waals surface area (Å²) in [4.78, 5) is 41.6. The van der Waals surface area contributed by atoms with Gasteiger partial charge in [0.1, 0.15) is 16.3 Å². The van der Waals surface area contributed by atoms with Gasteiger partial charge in [-0.25, -0.2) is 4.79 Å². The highest BCUT2D eigenvalue weighted by atomic mass is 32.2. The van der Waals surface area contributed by atoms with E-state index in [1.807, 2.05) is 97.9 Å². The Hall–Kier alpha value is -4.87. The van der Waals surface area contributed by atoms with E-state index in [4.69, 9.17) is 8.92 Å². The van der Waals surface area contributed by atoms with E-state index >= 15 is 0 Å². The van der Waals surface area contributed by atoms with Gasteiger partial charge in [0.05, 0.1) is 12.2 Å². The number of nitrogens with zero attached hydrogens (tertiary/aromatic N) is 1. The highest BCUT2D eigenvalue weighted by Gasteiger charge is 2.55. The summed E-state index contributed by atoms with van der Waals surface area (Å²) in [7, 11) is -4.36. The number of ether oxygens (including phenoxy) is 1. The molecule has 0 saturated carbocycles. The molecule has 46 heavy (non-hydrogen) atoms. The number of hydrogen-bond donors (Lipinski definition) is 1. The van der Waals surface area contributed by atoms with Crippen molar-refractivity contribution in [2.75, 3.05) is 5.75 Å². The van der Waals surface area contributed by atoms with Gasteiger partial charge >= 0.3 is 16.1 Å². The van der Waals surface area contributed by atoms with Gasteiger partial charge in [-0.2, -0.15) is 8.42 Å². The molecule has 2 atom stereocenters. The Balaban J connectivity index is 1.32. The fraction of sp³-hybridized carbons (Fsp3) is 0.171. The minimum absolute atomic E-state index is 0.0592. The molecule has 0 radical (unpaired) electrons. The number of hydrogen-bond acceptors (Lipinski definition) is 8. The number of carbonyl (C=O) groups is 3. The van der Waals surface area contributed by atoms with Crippen molar-refractivity contribution >= 4 is 39.7 Å². The lowest BCUT2D eigenvalue weighted by Crippen LogP contribution is -2.70. The van der Waals surface area contributed by atoms with E-state index in [0.29, 0.717) is 11.1 Å². The standard InChI is InChI=1S/C35H30N2O7S2/c1-23-17-19-27(20-18-23)46(41,42)44-28-22-45-34-30(36-29(38)21-24-11-5-2-6-12-24)33(39)37(34)31(28)35(40)43-32(25-13-7-3-8-14-25)26-15-9-4-10-16-26/h2-20,30,32,34H,21-22H2,1H3,(H,36,38)/t30?,34-/m1/s1. The molecule has 1 N–H and O–H groups in total. The molecule has 0 aliphatic carbocycles. The maximum Gasteiger partial charge on any atom is 0.359 e. The summed E-state index contributed by atoms with van der Waals surface area (Å²) < 4.78 is 38.3. The van der Waals surface area contributed by atoms with Crippen LogP contribution in [0.15, 0.2) is 132 Å². The average Bonchev–Trinajstić information content (AvgIpc) is 3.07. The maximum atomic E-state index is 14.1. The lowest BCUT2D eigenvalue weighted by molar-refractivity contribution is -0.155. The highest BCUT2D eigenvalue weighted by molar-refractivity contribution is 8.00. The van der Waals surface area contributed by atoms with Crippen LogP contribution in [0.3, 0.4) is 0 Å². The van der Waals surface area contributed by atoms with Crippen LogP contribution < -0.4 is 5.32 Å². The van der Waals surface area contributed by atoms with Gasteiger partial charge in [-0.1, -0.05) is 109 Å². The molecule has 2 aliphatic rings. The van der Waals surface area contributed by atoms with Crippen LogP contribution in [0, 0.1) is 6.92 Å². The third kappa shape index (κ3) is 6.56. The van der Waals surface area contributed by atoms with E-state index in [9.17, 15) is 22.8 Å². The van der Waals surface area contributed by atoms with Crippen LogP contribution >= 0.6 is 11.8 Å². The second-order valence-corrected chi connectivity index (χ2v) is 13.5. The molecule has 4 aromatic carbocycles. The molecule has 0 bridgehead atoms. The van der Waals surface area contributed by atoms with Crippen LogP contribution in [0.1, 0.15) is 28.4 Å². The van der Waals surface area contributed by atoms with Gasteiger partial charge in [0.2, 0.25) is 5.91 Å². The maximum absolute atomic E-state index is 14.1. The van der Waals surface area contributed by atoms with Crippen molar-refractivity contribution in [3.8, 4) is 0 Å². The van der Waals surface area contributed by atoms with Gasteiger partial charge in [0, 0.05) is 0 Å². The molecular formula is C35H30N2O7S2. The number of amides is 2. The number of aryl methyl sites for hydroxylation is 1. The molecule has 2 amide bonds. The van der Waals surface area contributed by atoms with Gasteiger partial charge < -0.3 is 14.2 Å². The third-order valence-electron chi connectivity index (χ3n) is 7.60. The number of benzene rings is 4. The summed E-state index contributed by atoms with van der Waals surface area (Å²) in [5, 5.41) is 2.10. The van der Waals surface area contributed by atoms with Crippen molar-refractivity contribution in [3.63, 3.8) is 0 Å². The summed E-state index contributed by atoms with van der Waals surface area (Å²) in [6.07, 6.45) is -0.783. The van der Waals surface area contributed by atoms with Crippen molar-refractivity contribution in [1.29, 1.82) is 0 Å². The summed E-state index contributed by atoms with van der Waals surface area (Å²) in [5.74, 6) is -2.14. The first-order chi connectivity index (χ1) is 22.2. The summed E-state index contributed by atoms with van der Waals surface area (Å²) in [5.41, 5.74) is 2.70. The minimum Gasteiger partial charge on any atom is -0.448 e. The van der Waals surface area contributed by atoms with E-state index in [1.165, 1.54) is 23.9 Å². The number of rotatable bonds is 10. The number of esters is 1. The third-order valence-corrected chi connectivity index (χ3v) is 10.1. The topological polar surface area (TPSA) is 119 Å². The Bertz CT molecular complexity index is 1840. The number of fused-ring (bicyclic) bond motifs is 1. The second kappa shape index (κ2) is 13.2. The quantitative estimate of drug-likeness (QED) is 0.146. The lowest BCUT2D eigenvalue weighted by Gasteiger charge is -2.49. The zero-order valence-electron chi connectivity index (χ0n) is 24.7. The van der Waals surface area contributed by atoms with Crippen molar-refractivity contribution in [2.24, 2.45) is 0 Å². The number of β-lactam (4-membered cyclic amide) rings is 1. The monoisotopic (exact) mass is 654 g/mol. The average molecular weight is 655 g/mol. The number of thioether (sulfide) groups is 1. The van der Waals surface area contributed by atoms with Gasteiger partial charge in [0.15, 0.2) is 17.6 Å². The first-order valence-electron chi connectivity index (χ1n) is 14.5. The molecule has 2 aliphatic heterocycles. The van der Waals surface area contributed by atoms with Crippen molar-refractivity contribution < 1.29 is 31.7 Å². The largest absolute Gasteiger partial charge is 0.448 e. The predicted octanol–water partition coefficient (Wildman–Crippen LogP) is 4.89. The Morgan fingerprint density at radius 1 is 0.870 bits per heavy atom. The summed E-state index contributed by atoms with van der Waals surface area (Å²) in [6.45, 7) is 1.83. The zero-order chi connectivity index (χ0) is 32.3. The second-order valence-electron chi connectivity index (χ2n) is 10.8. The van der Waals surface area contributed by atoms with E-state index in [0.717, 1.165) is 16.0 Å². The molecule has 1 saturated heterocycles. The Morgan fingerprint density at radius 2 is 1.43 bits per heavy atom. The fourth-order valence-electron chi connectivity index (χ4n) is 5.28. The molecule has 0 spiro atoms. The fourth-order valence-corrected chi connectivity index (χ4v) is 7.58. The summed E-state index contributed by atoms with van der Waals surface area (Å²) in [6, 6.07) is 32.5. The van der Waals surface area contributed by atoms with Gasteiger partial charge in [-0.05, 0) is 35.7 Å². The van der Waals surface area contributed by atoms with Crippen LogP contribution in [-0.2, 0) is 39.8 Å². The molecular weight excluding hydrogens is 625 g/mol. The molecule has 234 valence electrons. The van der Waals surface area contributed by atoms with Crippen molar-refractivity contribution in [1.82, 2.24) is 10.2 Å². The smallest absolute Gasteiger partial charge is 0.359 e. The summed E-state index contributed by atoms with van der Waals surface area (Å²) >= 11 is 1.19. The Labute approximate surface area is 271 Å². The molecule has 9 nitrogen and oxygen atoms in total. The molecule has 6 rings (SSSR count). The van der Waals surface area contributed by atoms with E-state index in [1.54, 1.807) is 12.1 Å². The molecule has 1 fully saturated rings. The molecule has 2 heterocycles. The highest BCUT2D eigenvalue weighted by Crippen LogP contribution is 2.42. The SMILES string of the molecule is Cc1ccc(S(=O)(=O)OC2=C(C(=O)OC(c3ccccc3)c3ccccc3)N3C(=O)C(NC(=O)Cc4ccccc4)[C@H]3SC2)cc1. The predicted molar refractivity (Wildman–Crippen MR) is 172 cm³/mol. The lowest BCUT2D eigenvalue weighted by atomic mass is 10.0. The van der Waals surface area contributed by atoms with Crippen molar-refractivity contribution in [2.45, 2.75) is 35.8 Å². The van der Waals surface area contributed by atoms with Crippen LogP contribution in [-0.4, -0.2) is 48.3 Å². The molecule has 0 aromatic heterocycles. The normalized spacial score (nSPS) is 17.6. The Morgan fingerprint density at radius 3 is 2.02 bits per heavy atom. The van der Waals surface area contributed by atoms with Crippen LogP contribution in [0.25, 0.3) is 0 Å². The first-order valence-corrected chi connectivity index (χ1v) is 17.0. The molecule has 1 unspecified atom stereocenters. The van der Waals surface area contributed by atoms with Gasteiger partial charge in [-0.3, -0.25) is 14.5 Å².